The quantitative estimate of drug-likeness (QED) is 0.628. The van der Waals surface area contributed by atoms with E-state index in [4.69, 9.17) is 26.6 Å². The molecule has 2 aliphatic rings. The highest BCUT2D eigenvalue weighted by Crippen LogP contribution is 2.37. The number of carbonyl (C=O) groups is 3. The normalized spacial score (nSPS) is 14.8. The second-order valence-electron chi connectivity index (χ2n) is 7.49. The summed E-state index contributed by atoms with van der Waals surface area (Å²) in [6.45, 7) is 2.49. The zero-order valence-corrected chi connectivity index (χ0v) is 18.2. The molecule has 4 rings (SSSR count). The van der Waals surface area contributed by atoms with Crippen LogP contribution in [0.3, 0.4) is 0 Å². The zero-order chi connectivity index (χ0) is 23.1. The molecule has 0 saturated carbocycles. The predicted molar refractivity (Wildman–Crippen MR) is 119 cm³/mol. The van der Waals surface area contributed by atoms with Crippen LogP contribution in [0.25, 0.3) is 0 Å². The molecule has 0 fully saturated rings. The maximum atomic E-state index is 12.5. The number of carboxylic acids is 2. The minimum absolute atomic E-state index is 0.0332. The minimum atomic E-state index is -1.08. The van der Waals surface area contributed by atoms with Crippen LogP contribution in [0.15, 0.2) is 36.4 Å². The Kier molecular flexibility index (Phi) is 8.08. The Balaban J connectivity index is 0.000000312. The Hall–Kier alpha value is -3.10. The van der Waals surface area contributed by atoms with Gasteiger partial charge in [-0.05, 0) is 60.8 Å². The number of hydrogen-bond donors (Lipinski definition) is 3. The lowest BCUT2D eigenvalue weighted by Gasteiger charge is -2.31. The van der Waals surface area contributed by atoms with Crippen LogP contribution in [0.1, 0.15) is 29.5 Å². The van der Waals surface area contributed by atoms with Gasteiger partial charge in [-0.2, -0.15) is 0 Å². The molecule has 32 heavy (non-hydrogen) atoms. The van der Waals surface area contributed by atoms with Crippen molar-refractivity contribution in [3.05, 3.63) is 58.1 Å². The van der Waals surface area contributed by atoms with Crippen LogP contribution in [0.5, 0.6) is 5.75 Å². The first-order chi connectivity index (χ1) is 15.3. The molecule has 3 N–H and O–H groups in total. The molecule has 9 heteroatoms. The SMILES string of the molecule is O=C(O)CCC(=O)O.O=C1COc2cc3c(cc2N1Cc1ccccc1Cl)CCNCC3. The molecule has 8 nitrogen and oxygen atoms in total. The summed E-state index contributed by atoms with van der Waals surface area (Å²) in [7, 11) is 0. The number of rotatable bonds is 5. The molecule has 0 aromatic heterocycles. The van der Waals surface area contributed by atoms with Crippen molar-refractivity contribution in [2.75, 3.05) is 24.6 Å². The molecule has 0 aliphatic carbocycles. The van der Waals surface area contributed by atoms with Gasteiger partial charge in [-0.25, -0.2) is 0 Å². The van der Waals surface area contributed by atoms with Crippen molar-refractivity contribution >= 4 is 35.1 Å². The first-order valence-electron chi connectivity index (χ1n) is 10.3. The fraction of sp³-hybridized carbons (Fsp3) is 0.348. The van der Waals surface area contributed by atoms with Gasteiger partial charge in [-0.1, -0.05) is 29.8 Å². The third-order valence-corrected chi connectivity index (χ3v) is 5.57. The summed E-state index contributed by atoms with van der Waals surface area (Å²) in [5.41, 5.74) is 4.40. The molecule has 0 saturated heterocycles. The van der Waals surface area contributed by atoms with Crippen molar-refractivity contribution in [3.8, 4) is 5.75 Å². The first kappa shape index (κ1) is 23.6. The van der Waals surface area contributed by atoms with E-state index >= 15 is 0 Å². The monoisotopic (exact) mass is 460 g/mol. The van der Waals surface area contributed by atoms with Gasteiger partial charge < -0.3 is 25.2 Å². The van der Waals surface area contributed by atoms with Gasteiger partial charge in [0.25, 0.3) is 5.91 Å². The number of benzene rings is 2. The molecule has 0 atom stereocenters. The Bertz CT molecular complexity index is 996. The van der Waals surface area contributed by atoms with Crippen LogP contribution in [-0.2, 0) is 33.8 Å². The van der Waals surface area contributed by atoms with Crippen LogP contribution in [0.4, 0.5) is 5.69 Å². The maximum Gasteiger partial charge on any atom is 0.303 e. The highest BCUT2D eigenvalue weighted by molar-refractivity contribution is 6.31. The fourth-order valence-electron chi connectivity index (χ4n) is 3.55. The summed E-state index contributed by atoms with van der Waals surface area (Å²) in [5.74, 6) is -1.39. The van der Waals surface area contributed by atoms with Crippen molar-refractivity contribution in [1.29, 1.82) is 0 Å². The van der Waals surface area contributed by atoms with Gasteiger partial charge in [0.1, 0.15) is 5.75 Å². The molecule has 170 valence electrons. The van der Waals surface area contributed by atoms with E-state index in [0.717, 1.165) is 42.9 Å². The van der Waals surface area contributed by atoms with E-state index in [1.54, 1.807) is 4.90 Å². The number of nitrogens with zero attached hydrogens (tertiary/aromatic N) is 1. The van der Waals surface area contributed by atoms with Crippen LogP contribution in [0, 0.1) is 0 Å². The number of amides is 1. The van der Waals surface area contributed by atoms with Gasteiger partial charge in [0.15, 0.2) is 6.61 Å². The van der Waals surface area contributed by atoms with Gasteiger partial charge in [0.2, 0.25) is 0 Å². The summed E-state index contributed by atoms with van der Waals surface area (Å²) in [6, 6.07) is 11.9. The number of anilines is 1. The summed E-state index contributed by atoms with van der Waals surface area (Å²) >= 11 is 6.28. The van der Waals surface area contributed by atoms with Gasteiger partial charge in [0, 0.05) is 5.02 Å². The smallest absolute Gasteiger partial charge is 0.303 e. The first-order valence-corrected chi connectivity index (χ1v) is 10.7. The van der Waals surface area contributed by atoms with Crippen molar-refractivity contribution in [3.63, 3.8) is 0 Å². The van der Waals surface area contributed by atoms with Crippen LogP contribution in [-0.4, -0.2) is 47.8 Å². The average molecular weight is 461 g/mol. The number of carbonyl (C=O) groups excluding carboxylic acids is 1. The van der Waals surface area contributed by atoms with E-state index in [-0.39, 0.29) is 25.4 Å². The Morgan fingerprint density at radius 3 is 2.28 bits per heavy atom. The van der Waals surface area contributed by atoms with E-state index in [0.29, 0.717) is 11.6 Å². The number of nitrogens with one attached hydrogen (secondary N) is 1. The molecule has 0 radical (unpaired) electrons. The van der Waals surface area contributed by atoms with E-state index in [2.05, 4.69) is 17.4 Å². The molecule has 2 heterocycles. The fourth-order valence-corrected chi connectivity index (χ4v) is 3.75. The summed E-state index contributed by atoms with van der Waals surface area (Å²) in [5, 5.41) is 19.9. The largest absolute Gasteiger partial charge is 0.482 e. The van der Waals surface area contributed by atoms with E-state index in [1.807, 2.05) is 24.3 Å². The van der Waals surface area contributed by atoms with E-state index < -0.39 is 11.9 Å². The van der Waals surface area contributed by atoms with Gasteiger partial charge in [0.05, 0.1) is 25.1 Å². The van der Waals surface area contributed by atoms with Gasteiger partial charge in [-0.15, -0.1) is 0 Å². The van der Waals surface area contributed by atoms with Gasteiger partial charge in [-0.3, -0.25) is 14.4 Å². The third kappa shape index (κ3) is 6.21. The number of carboxylic acid groups (broad SMARTS) is 2. The number of halogens is 1. The summed E-state index contributed by atoms with van der Waals surface area (Å²) in [4.78, 5) is 33.5. The number of aliphatic carboxylic acids is 2. The Morgan fingerprint density at radius 2 is 1.66 bits per heavy atom. The second kappa shape index (κ2) is 11.0. The Labute approximate surface area is 190 Å². The average Bonchev–Trinajstić information content (AvgIpc) is 3.00. The minimum Gasteiger partial charge on any atom is -0.482 e. The number of ether oxygens (including phenoxy) is 1. The van der Waals surface area contributed by atoms with Crippen LogP contribution in [0.2, 0.25) is 5.02 Å². The zero-order valence-electron chi connectivity index (χ0n) is 17.5. The molecule has 0 unspecified atom stereocenters. The highest BCUT2D eigenvalue weighted by atomic mass is 35.5. The molecule has 2 aliphatic heterocycles. The Morgan fingerprint density at radius 1 is 1.03 bits per heavy atom. The predicted octanol–water partition coefficient (Wildman–Crippen LogP) is 2.89. The third-order valence-electron chi connectivity index (χ3n) is 5.21. The molecular weight excluding hydrogens is 436 g/mol. The molecule has 0 spiro atoms. The highest BCUT2D eigenvalue weighted by Gasteiger charge is 2.27. The summed E-state index contributed by atoms with van der Waals surface area (Å²) in [6.07, 6.45) is 1.37. The molecule has 0 bridgehead atoms. The van der Waals surface area contributed by atoms with Crippen molar-refractivity contribution in [1.82, 2.24) is 5.32 Å². The van der Waals surface area contributed by atoms with Crippen molar-refractivity contribution in [2.45, 2.75) is 32.2 Å². The molecule has 2 aromatic carbocycles. The standard InChI is InChI=1S/C19H19ClN2O2.C4H6O4/c20-16-4-2-1-3-15(16)11-22-17-9-13-5-7-21-8-6-14(13)10-18(17)24-12-19(22)23;5-3(6)1-2-4(7)8/h1-4,9-10,21H,5-8,11-12H2;1-2H2,(H,5,6)(H,7,8). The lowest BCUT2D eigenvalue weighted by Crippen LogP contribution is -2.38. The number of hydrogen-bond acceptors (Lipinski definition) is 5. The van der Waals surface area contributed by atoms with E-state index in [1.165, 1.54) is 11.1 Å². The van der Waals surface area contributed by atoms with Crippen LogP contribution < -0.4 is 15.0 Å². The number of fused-ring (bicyclic) bond motifs is 2. The molecule has 1 amide bonds. The molecular formula is C23H25ClN2O6. The van der Waals surface area contributed by atoms with E-state index in [9.17, 15) is 14.4 Å². The second-order valence-corrected chi connectivity index (χ2v) is 7.89. The molecule has 2 aromatic rings. The lowest BCUT2D eigenvalue weighted by molar-refractivity contribution is -0.143. The van der Waals surface area contributed by atoms with Gasteiger partial charge >= 0.3 is 11.9 Å². The topological polar surface area (TPSA) is 116 Å². The van der Waals surface area contributed by atoms with Crippen molar-refractivity contribution < 1.29 is 29.3 Å². The lowest BCUT2D eigenvalue weighted by atomic mass is 10.00. The van der Waals surface area contributed by atoms with Crippen molar-refractivity contribution in [2.24, 2.45) is 0 Å². The maximum absolute atomic E-state index is 12.5. The summed E-state index contributed by atoms with van der Waals surface area (Å²) < 4.78 is 5.70. The van der Waals surface area contributed by atoms with Crippen LogP contribution >= 0.6 is 11.6 Å².